The molecule has 3 N–H and O–H groups in total. The monoisotopic (exact) mass is 146 g/mol. The van der Waals surface area contributed by atoms with E-state index in [9.17, 15) is 0 Å². The van der Waals surface area contributed by atoms with Crippen molar-refractivity contribution in [2.24, 2.45) is 0 Å². The fourth-order valence-electron chi connectivity index (χ4n) is 1.46. The van der Waals surface area contributed by atoms with Crippen molar-refractivity contribution in [1.29, 1.82) is 0 Å². The van der Waals surface area contributed by atoms with Gasteiger partial charge in [-0.15, -0.1) is 0 Å². The predicted molar refractivity (Wildman–Crippen MR) is 31.3 cm³/mol. The van der Waals surface area contributed by atoms with Crippen LogP contribution in [0.15, 0.2) is 0 Å². The van der Waals surface area contributed by atoms with Crippen LogP contribution in [0.2, 0.25) is 0 Å². The molecule has 1 aliphatic heterocycles. The predicted octanol–water partition coefficient (Wildman–Crippen LogP) is -1.76. The lowest BCUT2D eigenvalue weighted by atomic mass is 9.93. The number of ether oxygens (including phenoxy) is 1. The summed E-state index contributed by atoms with van der Waals surface area (Å²) in [4.78, 5) is 0. The van der Waals surface area contributed by atoms with Gasteiger partial charge in [0.1, 0.15) is 18.3 Å². The van der Waals surface area contributed by atoms with E-state index >= 15 is 0 Å². The molecule has 0 aromatic carbocycles. The molecular formula is C6H10O4. The van der Waals surface area contributed by atoms with E-state index in [2.05, 4.69) is 0 Å². The van der Waals surface area contributed by atoms with Crippen LogP contribution in [0.3, 0.4) is 0 Å². The summed E-state index contributed by atoms with van der Waals surface area (Å²) >= 11 is 0. The van der Waals surface area contributed by atoms with E-state index in [1.165, 1.54) is 0 Å². The van der Waals surface area contributed by atoms with Crippen LogP contribution in [0.4, 0.5) is 0 Å². The van der Waals surface area contributed by atoms with Crippen LogP contribution in [-0.4, -0.2) is 45.8 Å². The summed E-state index contributed by atoms with van der Waals surface area (Å²) in [6.07, 6.45) is -2.53. The van der Waals surface area contributed by atoms with Crippen molar-refractivity contribution >= 4 is 0 Å². The van der Waals surface area contributed by atoms with Crippen LogP contribution in [0.25, 0.3) is 0 Å². The molecule has 0 aromatic rings. The van der Waals surface area contributed by atoms with Crippen LogP contribution in [0.1, 0.15) is 6.42 Å². The lowest BCUT2D eigenvalue weighted by Gasteiger charge is -2.22. The van der Waals surface area contributed by atoms with Gasteiger partial charge < -0.3 is 20.1 Å². The SMILES string of the molecule is O[C@@H]1[C@H]2O[C@H]2[C@@H](O)C[C@H]1O. The molecule has 0 radical (unpaired) electrons. The van der Waals surface area contributed by atoms with Crippen molar-refractivity contribution < 1.29 is 20.1 Å². The third-order valence-electron chi connectivity index (χ3n) is 2.15. The largest absolute Gasteiger partial charge is 0.390 e. The van der Waals surface area contributed by atoms with Crippen LogP contribution in [0, 0.1) is 0 Å². The van der Waals surface area contributed by atoms with Gasteiger partial charge in [0, 0.05) is 6.42 Å². The molecule has 0 amide bonds. The average molecular weight is 146 g/mol. The number of epoxide rings is 1. The number of fused-ring (bicyclic) bond motifs is 1. The Morgan fingerprint density at radius 1 is 1.00 bits per heavy atom. The van der Waals surface area contributed by atoms with Gasteiger partial charge in [-0.1, -0.05) is 0 Å². The van der Waals surface area contributed by atoms with Crippen LogP contribution in [-0.2, 0) is 4.74 Å². The van der Waals surface area contributed by atoms with Gasteiger partial charge in [0.15, 0.2) is 0 Å². The summed E-state index contributed by atoms with van der Waals surface area (Å²) in [5.74, 6) is 0. The summed E-state index contributed by atoms with van der Waals surface area (Å²) in [6.45, 7) is 0. The second-order valence-corrected chi connectivity index (χ2v) is 2.93. The fraction of sp³-hybridized carbons (Fsp3) is 1.00. The minimum Gasteiger partial charge on any atom is -0.390 e. The average Bonchev–Trinajstić information content (AvgIpc) is 2.61. The normalized spacial score (nSPS) is 59.7. The highest BCUT2D eigenvalue weighted by Crippen LogP contribution is 2.36. The first kappa shape index (κ1) is 6.54. The first-order valence-corrected chi connectivity index (χ1v) is 3.40. The topological polar surface area (TPSA) is 73.2 Å². The Morgan fingerprint density at radius 3 is 2.40 bits per heavy atom. The Morgan fingerprint density at radius 2 is 1.70 bits per heavy atom. The van der Waals surface area contributed by atoms with Gasteiger partial charge in [-0.05, 0) is 0 Å². The van der Waals surface area contributed by atoms with E-state index in [4.69, 9.17) is 20.1 Å². The van der Waals surface area contributed by atoms with Crippen molar-refractivity contribution in [2.45, 2.75) is 36.9 Å². The highest BCUT2D eigenvalue weighted by molar-refractivity contribution is 5.03. The molecule has 0 bridgehead atoms. The standard InChI is InChI=1S/C6H10O4/c7-2-1-3(8)5-6(10-5)4(2)9/h2-9H,1H2/t2-,3+,4+,5+,6-/m1/s1. The van der Waals surface area contributed by atoms with Crippen molar-refractivity contribution in [3.05, 3.63) is 0 Å². The number of aliphatic hydroxyl groups excluding tert-OH is 3. The molecule has 1 saturated carbocycles. The molecule has 0 spiro atoms. The lowest BCUT2D eigenvalue weighted by Crippen LogP contribution is -2.42. The van der Waals surface area contributed by atoms with E-state index in [0.29, 0.717) is 0 Å². The maximum atomic E-state index is 9.12. The van der Waals surface area contributed by atoms with Crippen molar-refractivity contribution in [3.8, 4) is 0 Å². The molecule has 4 heteroatoms. The number of aliphatic hydroxyl groups is 3. The second kappa shape index (κ2) is 1.92. The molecule has 0 aromatic heterocycles. The second-order valence-electron chi connectivity index (χ2n) is 2.93. The van der Waals surface area contributed by atoms with Crippen LogP contribution >= 0.6 is 0 Å². The smallest absolute Gasteiger partial charge is 0.115 e. The fourth-order valence-corrected chi connectivity index (χ4v) is 1.46. The number of rotatable bonds is 0. The Kier molecular flexibility index (Phi) is 1.25. The third kappa shape index (κ3) is 0.769. The van der Waals surface area contributed by atoms with Gasteiger partial charge in [0.2, 0.25) is 0 Å². The van der Waals surface area contributed by atoms with E-state index in [1.807, 2.05) is 0 Å². The molecule has 2 fully saturated rings. The van der Waals surface area contributed by atoms with Gasteiger partial charge in [-0.2, -0.15) is 0 Å². The molecule has 1 saturated heterocycles. The summed E-state index contributed by atoms with van der Waals surface area (Å²) in [7, 11) is 0. The van der Waals surface area contributed by atoms with Gasteiger partial charge in [-0.3, -0.25) is 0 Å². The van der Waals surface area contributed by atoms with Gasteiger partial charge in [0.25, 0.3) is 0 Å². The van der Waals surface area contributed by atoms with Crippen molar-refractivity contribution in [2.75, 3.05) is 0 Å². The molecule has 1 heterocycles. The minimum absolute atomic E-state index is 0.224. The highest BCUT2D eigenvalue weighted by atomic mass is 16.6. The maximum absolute atomic E-state index is 9.12. The van der Waals surface area contributed by atoms with E-state index in [0.717, 1.165) is 0 Å². The summed E-state index contributed by atoms with van der Waals surface area (Å²) in [5.41, 5.74) is 0. The molecule has 2 aliphatic rings. The molecule has 58 valence electrons. The zero-order valence-electron chi connectivity index (χ0n) is 5.34. The zero-order valence-corrected chi connectivity index (χ0v) is 5.34. The summed E-state index contributed by atoms with van der Waals surface area (Å²) in [6, 6.07) is 0. The molecule has 1 aliphatic carbocycles. The first-order valence-electron chi connectivity index (χ1n) is 3.40. The molecule has 0 unspecified atom stereocenters. The first-order chi connectivity index (χ1) is 4.70. The Hall–Kier alpha value is -0.160. The van der Waals surface area contributed by atoms with Crippen LogP contribution in [0.5, 0.6) is 0 Å². The molecule has 5 atom stereocenters. The lowest BCUT2D eigenvalue weighted by molar-refractivity contribution is -0.0336. The van der Waals surface area contributed by atoms with E-state index < -0.39 is 18.3 Å². The number of hydrogen-bond acceptors (Lipinski definition) is 4. The van der Waals surface area contributed by atoms with Crippen molar-refractivity contribution in [1.82, 2.24) is 0 Å². The van der Waals surface area contributed by atoms with Gasteiger partial charge >= 0.3 is 0 Å². The Bertz CT molecular complexity index is 147. The van der Waals surface area contributed by atoms with Crippen molar-refractivity contribution in [3.63, 3.8) is 0 Å². The van der Waals surface area contributed by atoms with Gasteiger partial charge in [0.05, 0.1) is 12.2 Å². The minimum atomic E-state index is -0.821. The zero-order chi connectivity index (χ0) is 7.30. The molecule has 2 rings (SSSR count). The van der Waals surface area contributed by atoms with Gasteiger partial charge in [-0.25, -0.2) is 0 Å². The maximum Gasteiger partial charge on any atom is 0.115 e. The quantitative estimate of drug-likeness (QED) is 0.354. The Balaban J connectivity index is 2.05. The number of hydrogen-bond donors (Lipinski definition) is 3. The molecule has 4 nitrogen and oxygen atoms in total. The third-order valence-corrected chi connectivity index (χ3v) is 2.15. The highest BCUT2D eigenvalue weighted by Gasteiger charge is 2.55. The molecular weight excluding hydrogens is 136 g/mol. The summed E-state index contributed by atoms with van der Waals surface area (Å²) < 4.78 is 4.91. The Labute approximate surface area is 58.0 Å². The molecule has 10 heavy (non-hydrogen) atoms. The summed E-state index contributed by atoms with van der Waals surface area (Å²) in [5, 5.41) is 27.3. The van der Waals surface area contributed by atoms with E-state index in [1.54, 1.807) is 0 Å². The van der Waals surface area contributed by atoms with Crippen LogP contribution < -0.4 is 0 Å². The van der Waals surface area contributed by atoms with E-state index in [-0.39, 0.29) is 18.6 Å².